The molecule has 2 fully saturated rings. The van der Waals surface area contributed by atoms with E-state index in [0.717, 1.165) is 62.6 Å². The molecule has 1 aromatic heterocycles. The van der Waals surface area contributed by atoms with Crippen molar-refractivity contribution < 1.29 is 14.3 Å². The Morgan fingerprint density at radius 2 is 1.73 bits per heavy atom. The molecule has 0 bridgehead atoms. The highest BCUT2D eigenvalue weighted by Gasteiger charge is 2.34. The molecular formula is C34H48N4O3. The van der Waals surface area contributed by atoms with Crippen LogP contribution >= 0.6 is 0 Å². The number of rotatable bonds is 9. The molecule has 1 atom stereocenters. The third kappa shape index (κ3) is 8.08. The molecule has 1 aromatic carbocycles. The Balaban J connectivity index is 0.00000108. The van der Waals surface area contributed by atoms with E-state index in [2.05, 4.69) is 40.1 Å². The van der Waals surface area contributed by atoms with Gasteiger partial charge in [-0.25, -0.2) is 0 Å². The monoisotopic (exact) mass is 560 g/mol. The SMILES string of the molecule is C/C=C\C.C=CC(C=C)c1c(C(=O)N2CCNC[C@H]2CN2CCC(C(=O)OCC)CC2)cc(C)n1-c1ccccc1. The first-order valence-electron chi connectivity index (χ1n) is 14.9. The smallest absolute Gasteiger partial charge is 0.309 e. The van der Waals surface area contributed by atoms with E-state index in [-0.39, 0.29) is 29.8 Å². The molecule has 2 aliphatic heterocycles. The number of benzene rings is 1. The number of likely N-dealkylation sites (tertiary alicyclic amines) is 1. The molecule has 2 aromatic rings. The number of aromatic nitrogens is 1. The Labute approximate surface area is 246 Å². The van der Waals surface area contributed by atoms with Crippen LogP contribution in [0.4, 0.5) is 0 Å². The minimum absolute atomic E-state index is 0.0172. The van der Waals surface area contributed by atoms with Crippen LogP contribution < -0.4 is 5.32 Å². The van der Waals surface area contributed by atoms with Crippen LogP contribution in [0.3, 0.4) is 0 Å². The van der Waals surface area contributed by atoms with Crippen LogP contribution in [-0.4, -0.2) is 78.2 Å². The molecule has 0 aliphatic carbocycles. The van der Waals surface area contributed by atoms with Gasteiger partial charge in [-0.3, -0.25) is 9.59 Å². The number of piperazine rings is 1. The maximum Gasteiger partial charge on any atom is 0.309 e. The fourth-order valence-electron chi connectivity index (χ4n) is 5.65. The number of piperidine rings is 1. The van der Waals surface area contributed by atoms with Crippen molar-refractivity contribution >= 4 is 11.9 Å². The first-order valence-corrected chi connectivity index (χ1v) is 14.9. The second-order valence-electron chi connectivity index (χ2n) is 10.6. The van der Waals surface area contributed by atoms with Crippen molar-refractivity contribution in [3.63, 3.8) is 0 Å². The summed E-state index contributed by atoms with van der Waals surface area (Å²) in [6.45, 7) is 21.0. The lowest BCUT2D eigenvalue weighted by molar-refractivity contribution is -0.149. The predicted octanol–water partition coefficient (Wildman–Crippen LogP) is 5.51. The number of hydrogen-bond donors (Lipinski definition) is 1. The van der Waals surface area contributed by atoms with Crippen molar-refractivity contribution in [2.24, 2.45) is 5.92 Å². The standard InChI is InChI=1S/C30H40N4O3.C4H8/c1-5-23(6-2)28-27(19-22(4)34(28)25-11-9-8-10-12-25)29(35)33-18-15-31-20-26(33)21-32-16-13-24(14-17-32)30(36)37-7-3;1-3-4-2/h5-6,8-12,19,23-24,26,31H,1-2,7,13-18,20-21H2,3-4H3;3-4H,1-2H3/b;4-3-/t26-;/m0./s1. The molecule has 7 heteroatoms. The van der Waals surface area contributed by atoms with E-state index < -0.39 is 0 Å². The lowest BCUT2D eigenvalue weighted by Gasteiger charge is -2.41. The summed E-state index contributed by atoms with van der Waals surface area (Å²) >= 11 is 0. The Kier molecular flexibility index (Phi) is 12.6. The lowest BCUT2D eigenvalue weighted by Crippen LogP contribution is -2.58. The molecular weight excluding hydrogens is 512 g/mol. The summed E-state index contributed by atoms with van der Waals surface area (Å²) in [6.07, 6.45) is 9.30. The van der Waals surface area contributed by atoms with Crippen molar-refractivity contribution in [2.45, 2.75) is 52.5 Å². The Morgan fingerprint density at radius 1 is 1.07 bits per heavy atom. The molecule has 1 N–H and O–H groups in total. The zero-order chi connectivity index (χ0) is 29.8. The summed E-state index contributed by atoms with van der Waals surface area (Å²) in [7, 11) is 0. The highest BCUT2D eigenvalue weighted by Crippen LogP contribution is 2.31. The number of allylic oxidation sites excluding steroid dienone is 4. The molecule has 4 rings (SSSR count). The highest BCUT2D eigenvalue weighted by atomic mass is 16.5. The largest absolute Gasteiger partial charge is 0.466 e. The van der Waals surface area contributed by atoms with Gasteiger partial charge in [0.2, 0.25) is 0 Å². The maximum absolute atomic E-state index is 14.2. The van der Waals surface area contributed by atoms with Gasteiger partial charge >= 0.3 is 5.97 Å². The second kappa shape index (κ2) is 16.1. The van der Waals surface area contributed by atoms with Crippen LogP contribution in [0, 0.1) is 12.8 Å². The molecule has 0 spiro atoms. The van der Waals surface area contributed by atoms with Crippen molar-refractivity contribution in [3.8, 4) is 5.69 Å². The first-order chi connectivity index (χ1) is 19.9. The van der Waals surface area contributed by atoms with E-state index in [1.807, 2.05) is 81.2 Å². The van der Waals surface area contributed by atoms with Gasteiger partial charge in [0.15, 0.2) is 0 Å². The molecule has 1 amide bonds. The predicted molar refractivity (Wildman–Crippen MR) is 168 cm³/mol. The number of carbonyl (C=O) groups excluding carboxylic acids is 2. The van der Waals surface area contributed by atoms with Gasteiger partial charge in [-0.1, -0.05) is 42.5 Å². The van der Waals surface area contributed by atoms with Gasteiger partial charge in [-0.15, -0.1) is 13.2 Å². The van der Waals surface area contributed by atoms with Crippen LogP contribution in [0.25, 0.3) is 5.69 Å². The summed E-state index contributed by atoms with van der Waals surface area (Å²) in [4.78, 5) is 30.7. The van der Waals surface area contributed by atoms with E-state index >= 15 is 0 Å². The number of amides is 1. The Morgan fingerprint density at radius 3 is 2.32 bits per heavy atom. The zero-order valence-electron chi connectivity index (χ0n) is 25.4. The van der Waals surface area contributed by atoms with Crippen molar-refractivity contribution in [3.05, 3.63) is 90.8 Å². The van der Waals surface area contributed by atoms with Crippen molar-refractivity contribution in [1.82, 2.24) is 19.7 Å². The molecule has 0 saturated carbocycles. The first kappa shape index (κ1) is 32.1. The quantitative estimate of drug-likeness (QED) is 0.324. The summed E-state index contributed by atoms with van der Waals surface area (Å²) in [6, 6.07) is 12.2. The van der Waals surface area contributed by atoms with E-state index in [9.17, 15) is 9.59 Å². The van der Waals surface area contributed by atoms with Gasteiger partial charge in [0.05, 0.1) is 24.1 Å². The molecule has 7 nitrogen and oxygen atoms in total. The summed E-state index contributed by atoms with van der Waals surface area (Å²) in [5, 5.41) is 3.47. The van der Waals surface area contributed by atoms with E-state index in [4.69, 9.17) is 4.74 Å². The van der Waals surface area contributed by atoms with Gasteiger partial charge in [0, 0.05) is 49.2 Å². The van der Waals surface area contributed by atoms with E-state index in [0.29, 0.717) is 18.7 Å². The number of carbonyl (C=O) groups is 2. The molecule has 222 valence electrons. The molecule has 41 heavy (non-hydrogen) atoms. The lowest BCUT2D eigenvalue weighted by atomic mass is 9.96. The Bertz CT molecular complexity index is 1170. The number of nitrogens with zero attached hydrogens (tertiary/aromatic N) is 3. The third-order valence-corrected chi connectivity index (χ3v) is 7.91. The van der Waals surface area contributed by atoms with Crippen LogP contribution in [0.2, 0.25) is 0 Å². The molecule has 0 radical (unpaired) electrons. The topological polar surface area (TPSA) is 66.8 Å². The number of esters is 1. The fourth-order valence-corrected chi connectivity index (χ4v) is 5.65. The van der Waals surface area contributed by atoms with Crippen molar-refractivity contribution in [2.75, 3.05) is 45.9 Å². The molecule has 0 unspecified atom stereocenters. The molecule has 2 aliphatic rings. The molecule has 2 saturated heterocycles. The van der Waals surface area contributed by atoms with Gasteiger partial charge in [0.1, 0.15) is 0 Å². The molecule has 3 heterocycles. The van der Waals surface area contributed by atoms with Gasteiger partial charge in [0.25, 0.3) is 5.91 Å². The number of aryl methyl sites for hydroxylation is 1. The van der Waals surface area contributed by atoms with Crippen LogP contribution in [0.1, 0.15) is 61.3 Å². The minimum atomic E-state index is -0.156. The van der Waals surface area contributed by atoms with Gasteiger partial charge in [-0.2, -0.15) is 0 Å². The van der Waals surface area contributed by atoms with Crippen LogP contribution in [-0.2, 0) is 9.53 Å². The third-order valence-electron chi connectivity index (χ3n) is 7.91. The van der Waals surface area contributed by atoms with Crippen LogP contribution in [0.5, 0.6) is 0 Å². The zero-order valence-corrected chi connectivity index (χ0v) is 25.4. The van der Waals surface area contributed by atoms with E-state index in [1.165, 1.54) is 0 Å². The van der Waals surface area contributed by atoms with Crippen LogP contribution in [0.15, 0.2) is 73.9 Å². The second-order valence-corrected chi connectivity index (χ2v) is 10.6. The minimum Gasteiger partial charge on any atom is -0.466 e. The summed E-state index contributed by atoms with van der Waals surface area (Å²) < 4.78 is 7.37. The van der Waals surface area contributed by atoms with Crippen molar-refractivity contribution in [1.29, 1.82) is 0 Å². The van der Waals surface area contributed by atoms with Gasteiger partial charge in [-0.05, 0) is 71.8 Å². The average molecular weight is 561 g/mol. The number of ether oxygens (including phenoxy) is 1. The fraction of sp³-hybridized carbons (Fsp3) is 0.471. The number of hydrogen-bond acceptors (Lipinski definition) is 5. The highest BCUT2D eigenvalue weighted by molar-refractivity contribution is 5.96. The van der Waals surface area contributed by atoms with E-state index in [1.54, 1.807) is 0 Å². The maximum atomic E-state index is 14.2. The number of para-hydroxylation sites is 1. The van der Waals surface area contributed by atoms with Gasteiger partial charge < -0.3 is 24.4 Å². The normalized spacial score (nSPS) is 18.2. The average Bonchev–Trinajstić information content (AvgIpc) is 3.35. The summed E-state index contributed by atoms with van der Waals surface area (Å²) in [5.74, 6) is -0.204. The Hall–Kier alpha value is -3.42. The number of nitrogens with one attached hydrogen (secondary N) is 1. The summed E-state index contributed by atoms with van der Waals surface area (Å²) in [5.41, 5.74) is 3.64.